The molecule has 19 heavy (non-hydrogen) atoms. The van der Waals surface area contributed by atoms with E-state index in [9.17, 15) is 0 Å². The Kier molecular flexibility index (Phi) is 4.93. The molecule has 0 radical (unpaired) electrons. The summed E-state index contributed by atoms with van der Waals surface area (Å²) < 4.78 is 0.952. The highest BCUT2D eigenvalue weighted by atomic mass is 79.9. The molecule has 0 saturated carbocycles. The minimum Gasteiger partial charge on any atom is -0.398 e. The predicted molar refractivity (Wildman–Crippen MR) is 82.6 cm³/mol. The van der Waals surface area contributed by atoms with Crippen molar-refractivity contribution in [3.8, 4) is 0 Å². The number of nitrogen functional groups attached to an aromatic ring is 1. The molecule has 1 aromatic heterocycles. The van der Waals surface area contributed by atoms with Crippen LogP contribution in [0.25, 0.3) is 0 Å². The Morgan fingerprint density at radius 3 is 2.42 bits per heavy atom. The van der Waals surface area contributed by atoms with E-state index in [1.165, 1.54) is 11.1 Å². The maximum absolute atomic E-state index is 5.92. The molecule has 100 valence electrons. The Balaban J connectivity index is 2.04. The first kappa shape index (κ1) is 14.0. The molecule has 0 amide bonds. The molecule has 0 aliphatic heterocycles. The Morgan fingerprint density at radius 1 is 1.11 bits per heavy atom. The first-order valence-corrected chi connectivity index (χ1v) is 7.13. The second-order valence-corrected chi connectivity index (χ2v) is 5.37. The Labute approximate surface area is 122 Å². The van der Waals surface area contributed by atoms with E-state index in [4.69, 9.17) is 5.73 Å². The fourth-order valence-electron chi connectivity index (χ4n) is 1.98. The number of benzene rings is 1. The van der Waals surface area contributed by atoms with Gasteiger partial charge in [-0.3, -0.25) is 9.88 Å². The minimum absolute atomic E-state index is 0.789. The molecule has 1 aromatic carbocycles. The summed E-state index contributed by atoms with van der Waals surface area (Å²) in [5.74, 6) is 0. The second kappa shape index (κ2) is 6.68. The van der Waals surface area contributed by atoms with E-state index in [0.29, 0.717) is 0 Å². The number of nitrogens with zero attached hydrogens (tertiary/aromatic N) is 2. The van der Waals surface area contributed by atoms with Crippen LogP contribution in [0.15, 0.2) is 47.2 Å². The van der Waals surface area contributed by atoms with Crippen LogP contribution in [-0.2, 0) is 13.1 Å². The van der Waals surface area contributed by atoms with Gasteiger partial charge in [-0.05, 0) is 57.9 Å². The van der Waals surface area contributed by atoms with Crippen molar-refractivity contribution < 1.29 is 0 Å². The van der Waals surface area contributed by atoms with Gasteiger partial charge in [-0.1, -0.05) is 13.0 Å². The third kappa shape index (κ3) is 4.04. The highest BCUT2D eigenvalue weighted by molar-refractivity contribution is 9.10. The molecular weight excluding hydrogens is 302 g/mol. The van der Waals surface area contributed by atoms with Crippen molar-refractivity contribution in [2.45, 2.75) is 20.0 Å². The molecule has 0 saturated heterocycles. The molecule has 0 aliphatic rings. The average Bonchev–Trinajstić information content (AvgIpc) is 2.43. The number of rotatable bonds is 5. The molecule has 3 nitrogen and oxygen atoms in total. The van der Waals surface area contributed by atoms with Gasteiger partial charge in [-0.15, -0.1) is 0 Å². The first-order valence-electron chi connectivity index (χ1n) is 6.34. The third-order valence-electron chi connectivity index (χ3n) is 3.07. The average molecular weight is 320 g/mol. The molecule has 2 aromatic rings. The van der Waals surface area contributed by atoms with Gasteiger partial charge >= 0.3 is 0 Å². The number of nitrogens with two attached hydrogens (primary N) is 1. The van der Waals surface area contributed by atoms with E-state index in [1.807, 2.05) is 24.5 Å². The summed E-state index contributed by atoms with van der Waals surface area (Å²) in [5.41, 5.74) is 9.22. The molecule has 0 spiro atoms. The molecule has 0 aliphatic carbocycles. The van der Waals surface area contributed by atoms with Crippen LogP contribution in [0.2, 0.25) is 0 Å². The zero-order valence-corrected chi connectivity index (χ0v) is 12.6. The van der Waals surface area contributed by atoms with E-state index < -0.39 is 0 Å². The van der Waals surface area contributed by atoms with Gasteiger partial charge in [0, 0.05) is 35.6 Å². The molecule has 4 heteroatoms. The number of hydrogen-bond acceptors (Lipinski definition) is 3. The molecule has 2 rings (SSSR count). The van der Waals surface area contributed by atoms with Crippen molar-refractivity contribution in [3.05, 3.63) is 58.3 Å². The summed E-state index contributed by atoms with van der Waals surface area (Å²) in [4.78, 5) is 6.42. The zero-order chi connectivity index (χ0) is 13.7. The molecule has 0 fully saturated rings. The largest absolute Gasteiger partial charge is 0.398 e. The van der Waals surface area contributed by atoms with Crippen molar-refractivity contribution in [1.82, 2.24) is 9.88 Å². The lowest BCUT2D eigenvalue weighted by atomic mass is 10.1. The van der Waals surface area contributed by atoms with Crippen LogP contribution < -0.4 is 5.73 Å². The van der Waals surface area contributed by atoms with Crippen molar-refractivity contribution in [2.24, 2.45) is 0 Å². The van der Waals surface area contributed by atoms with Gasteiger partial charge < -0.3 is 5.73 Å². The molecular formula is C15H18BrN3. The smallest absolute Gasteiger partial charge is 0.0461 e. The van der Waals surface area contributed by atoms with E-state index >= 15 is 0 Å². The third-order valence-corrected chi connectivity index (χ3v) is 3.79. The number of halogens is 1. The van der Waals surface area contributed by atoms with Gasteiger partial charge in [0.15, 0.2) is 0 Å². The van der Waals surface area contributed by atoms with Gasteiger partial charge in [0.05, 0.1) is 0 Å². The first-order chi connectivity index (χ1) is 9.19. The van der Waals surface area contributed by atoms with Crippen molar-refractivity contribution in [1.29, 1.82) is 0 Å². The van der Waals surface area contributed by atoms with Crippen LogP contribution >= 0.6 is 15.9 Å². The highest BCUT2D eigenvalue weighted by Crippen LogP contribution is 2.21. The van der Waals surface area contributed by atoms with E-state index in [-0.39, 0.29) is 0 Å². The molecule has 0 unspecified atom stereocenters. The number of pyridine rings is 1. The summed E-state index contributed by atoms with van der Waals surface area (Å²) in [6, 6.07) is 10.2. The fraction of sp³-hybridized carbons (Fsp3) is 0.267. The minimum atomic E-state index is 0.789. The van der Waals surface area contributed by atoms with Crippen LogP contribution in [0.3, 0.4) is 0 Å². The van der Waals surface area contributed by atoms with E-state index in [2.05, 4.69) is 50.9 Å². The van der Waals surface area contributed by atoms with Crippen molar-refractivity contribution >= 4 is 21.6 Å². The lowest BCUT2D eigenvalue weighted by Crippen LogP contribution is -2.22. The van der Waals surface area contributed by atoms with Crippen LogP contribution in [0.1, 0.15) is 18.1 Å². The van der Waals surface area contributed by atoms with E-state index in [1.54, 1.807) is 0 Å². The number of anilines is 1. The van der Waals surface area contributed by atoms with Gasteiger partial charge in [0.2, 0.25) is 0 Å². The lowest BCUT2D eigenvalue weighted by Gasteiger charge is -2.20. The topological polar surface area (TPSA) is 42.2 Å². The normalized spacial score (nSPS) is 10.9. The Hall–Kier alpha value is -1.39. The summed E-state index contributed by atoms with van der Waals surface area (Å²) in [7, 11) is 0. The van der Waals surface area contributed by atoms with Gasteiger partial charge in [0.1, 0.15) is 0 Å². The van der Waals surface area contributed by atoms with Crippen LogP contribution in [0.5, 0.6) is 0 Å². The van der Waals surface area contributed by atoms with Crippen LogP contribution in [0.4, 0.5) is 5.69 Å². The van der Waals surface area contributed by atoms with Gasteiger partial charge in [-0.25, -0.2) is 0 Å². The van der Waals surface area contributed by atoms with Crippen molar-refractivity contribution in [3.63, 3.8) is 0 Å². The molecule has 1 heterocycles. The summed E-state index contributed by atoms with van der Waals surface area (Å²) >= 11 is 3.42. The molecule has 2 N–H and O–H groups in total. The maximum atomic E-state index is 5.92. The number of hydrogen-bond donors (Lipinski definition) is 1. The Bertz CT molecular complexity index is 528. The van der Waals surface area contributed by atoms with Gasteiger partial charge in [0.25, 0.3) is 0 Å². The standard InChI is InChI=1S/C15H18BrN3/c1-2-19(10-12-5-7-18-8-6-12)11-13-3-4-14(16)15(17)9-13/h3-9H,2,10-11,17H2,1H3. The van der Waals surface area contributed by atoms with Crippen LogP contribution in [0, 0.1) is 0 Å². The quantitative estimate of drug-likeness (QED) is 0.858. The van der Waals surface area contributed by atoms with Gasteiger partial charge in [-0.2, -0.15) is 0 Å². The monoisotopic (exact) mass is 319 g/mol. The second-order valence-electron chi connectivity index (χ2n) is 4.51. The summed E-state index contributed by atoms with van der Waals surface area (Å²) in [6.07, 6.45) is 3.67. The number of aromatic nitrogens is 1. The van der Waals surface area contributed by atoms with Crippen molar-refractivity contribution in [2.75, 3.05) is 12.3 Å². The van der Waals surface area contributed by atoms with E-state index in [0.717, 1.165) is 29.8 Å². The fourth-order valence-corrected chi connectivity index (χ4v) is 2.22. The molecule has 0 bridgehead atoms. The maximum Gasteiger partial charge on any atom is 0.0461 e. The predicted octanol–water partition coefficient (Wildman–Crippen LogP) is 3.45. The SMILES string of the molecule is CCN(Cc1ccncc1)Cc1ccc(Br)c(N)c1. The Morgan fingerprint density at radius 2 is 1.79 bits per heavy atom. The lowest BCUT2D eigenvalue weighted by molar-refractivity contribution is 0.271. The summed E-state index contributed by atoms with van der Waals surface area (Å²) in [5, 5.41) is 0. The highest BCUT2D eigenvalue weighted by Gasteiger charge is 2.06. The molecule has 0 atom stereocenters. The summed E-state index contributed by atoms with van der Waals surface area (Å²) in [6.45, 7) is 4.99. The zero-order valence-electron chi connectivity index (χ0n) is 11.0. The van der Waals surface area contributed by atoms with Crippen LogP contribution in [-0.4, -0.2) is 16.4 Å².